The van der Waals surface area contributed by atoms with Gasteiger partial charge in [-0.25, -0.2) is 8.78 Å². The molecule has 0 amide bonds. The van der Waals surface area contributed by atoms with Gasteiger partial charge in [-0.1, -0.05) is 13.8 Å². The highest BCUT2D eigenvalue weighted by Gasteiger charge is 2.28. The number of carboxylic acid groups (broad SMARTS) is 1. The summed E-state index contributed by atoms with van der Waals surface area (Å²) in [5, 5.41) is 8.79. The fourth-order valence-corrected chi connectivity index (χ4v) is 1.71. The molecule has 1 aromatic rings. The van der Waals surface area contributed by atoms with Crippen LogP contribution in [0.2, 0.25) is 0 Å². The summed E-state index contributed by atoms with van der Waals surface area (Å²) in [6, 6.07) is 1.62. The number of rotatable bonds is 4. The van der Waals surface area contributed by atoms with Crippen LogP contribution in [-0.4, -0.2) is 16.9 Å². The molecule has 0 aliphatic heterocycles. The maximum absolute atomic E-state index is 13.5. The first-order chi connectivity index (χ1) is 8.25. The van der Waals surface area contributed by atoms with Crippen molar-refractivity contribution in [3.8, 4) is 0 Å². The van der Waals surface area contributed by atoms with Gasteiger partial charge in [0.2, 0.25) is 0 Å². The summed E-state index contributed by atoms with van der Waals surface area (Å²) in [6.45, 7) is 2.72. The molecule has 18 heavy (non-hydrogen) atoms. The molecule has 0 aliphatic rings. The molecule has 98 valence electrons. The number of carbonyl (C=O) groups excluding carboxylic acids is 1. The lowest BCUT2D eigenvalue weighted by molar-refractivity contribution is -0.142. The van der Waals surface area contributed by atoms with Crippen LogP contribution in [-0.2, 0) is 4.79 Å². The molecular weight excluding hydrogens is 310 g/mol. The predicted molar refractivity (Wildman–Crippen MR) is 64.4 cm³/mol. The molecule has 1 aromatic carbocycles. The van der Waals surface area contributed by atoms with E-state index in [1.807, 2.05) is 0 Å². The van der Waals surface area contributed by atoms with Crippen molar-refractivity contribution in [1.82, 2.24) is 0 Å². The predicted octanol–water partition coefficient (Wildman–Crippen LogP) is 3.27. The SMILES string of the molecule is CC(C(=O)O)C(C)C(=O)c1cc(F)c(Br)cc1F. The highest BCUT2D eigenvalue weighted by Crippen LogP contribution is 2.24. The molecule has 2 unspecified atom stereocenters. The summed E-state index contributed by atoms with van der Waals surface area (Å²) in [5.74, 6) is -5.43. The van der Waals surface area contributed by atoms with Crippen LogP contribution in [0.1, 0.15) is 24.2 Å². The number of ketones is 1. The molecule has 0 heterocycles. The molecule has 0 aliphatic carbocycles. The van der Waals surface area contributed by atoms with Crippen LogP contribution in [0, 0.1) is 23.5 Å². The second-order valence-corrected chi connectivity index (χ2v) is 4.88. The van der Waals surface area contributed by atoms with E-state index in [1.165, 1.54) is 13.8 Å². The summed E-state index contributed by atoms with van der Waals surface area (Å²) in [6.07, 6.45) is 0. The van der Waals surface area contributed by atoms with E-state index in [1.54, 1.807) is 0 Å². The zero-order valence-electron chi connectivity index (χ0n) is 9.71. The van der Waals surface area contributed by atoms with Crippen molar-refractivity contribution in [2.24, 2.45) is 11.8 Å². The van der Waals surface area contributed by atoms with Crippen LogP contribution in [0.15, 0.2) is 16.6 Å². The molecule has 0 spiro atoms. The highest BCUT2D eigenvalue weighted by atomic mass is 79.9. The van der Waals surface area contributed by atoms with Crippen LogP contribution in [0.25, 0.3) is 0 Å². The molecule has 1 rings (SSSR count). The van der Waals surface area contributed by atoms with Gasteiger partial charge in [0.05, 0.1) is 16.0 Å². The van der Waals surface area contributed by atoms with Gasteiger partial charge >= 0.3 is 5.97 Å². The van der Waals surface area contributed by atoms with Gasteiger partial charge in [0.15, 0.2) is 5.78 Å². The number of hydrogen-bond donors (Lipinski definition) is 1. The fraction of sp³-hybridized carbons (Fsp3) is 0.333. The Morgan fingerprint density at radius 2 is 1.72 bits per heavy atom. The minimum Gasteiger partial charge on any atom is -0.481 e. The quantitative estimate of drug-likeness (QED) is 0.684. The molecule has 1 N–H and O–H groups in total. The van der Waals surface area contributed by atoms with Gasteiger partial charge in [-0.15, -0.1) is 0 Å². The number of Topliss-reactive ketones (excluding diaryl/α,β-unsaturated/α-hetero) is 1. The Labute approximate surface area is 111 Å². The van der Waals surface area contributed by atoms with Gasteiger partial charge in [-0.05, 0) is 28.1 Å². The molecule has 0 radical (unpaired) electrons. The van der Waals surface area contributed by atoms with Crippen molar-refractivity contribution < 1.29 is 23.5 Å². The summed E-state index contributed by atoms with van der Waals surface area (Å²) in [5.41, 5.74) is -0.434. The van der Waals surface area contributed by atoms with Gasteiger partial charge in [0.1, 0.15) is 11.6 Å². The molecular formula is C12H11BrF2O3. The summed E-state index contributed by atoms with van der Waals surface area (Å²) in [4.78, 5) is 22.6. The average Bonchev–Trinajstić information content (AvgIpc) is 2.30. The molecule has 6 heteroatoms. The van der Waals surface area contributed by atoms with Gasteiger partial charge in [0.25, 0.3) is 0 Å². The van der Waals surface area contributed by atoms with E-state index in [4.69, 9.17) is 5.11 Å². The van der Waals surface area contributed by atoms with Crippen LogP contribution < -0.4 is 0 Å². The fourth-order valence-electron chi connectivity index (χ4n) is 1.40. The van der Waals surface area contributed by atoms with Crippen molar-refractivity contribution in [3.05, 3.63) is 33.8 Å². The first-order valence-corrected chi connectivity index (χ1v) is 5.96. The van der Waals surface area contributed by atoms with Crippen molar-refractivity contribution in [3.63, 3.8) is 0 Å². The lowest BCUT2D eigenvalue weighted by Gasteiger charge is -2.15. The number of hydrogen-bond acceptors (Lipinski definition) is 2. The Bertz CT molecular complexity index is 502. The van der Waals surface area contributed by atoms with Crippen LogP contribution in [0.3, 0.4) is 0 Å². The van der Waals surface area contributed by atoms with Crippen LogP contribution in [0.4, 0.5) is 8.78 Å². The summed E-state index contributed by atoms with van der Waals surface area (Å²) in [7, 11) is 0. The van der Waals surface area contributed by atoms with Gasteiger partial charge < -0.3 is 5.11 Å². The Morgan fingerprint density at radius 1 is 1.17 bits per heavy atom. The molecule has 0 bridgehead atoms. The zero-order valence-corrected chi connectivity index (χ0v) is 11.3. The van der Waals surface area contributed by atoms with Gasteiger partial charge in [-0.2, -0.15) is 0 Å². The molecule has 0 saturated carbocycles. The molecule has 3 nitrogen and oxygen atoms in total. The Hall–Kier alpha value is -1.30. The van der Waals surface area contributed by atoms with Crippen LogP contribution >= 0.6 is 15.9 Å². The van der Waals surface area contributed by atoms with Crippen molar-refractivity contribution in [2.75, 3.05) is 0 Å². The second-order valence-electron chi connectivity index (χ2n) is 4.03. The third kappa shape index (κ3) is 2.93. The van der Waals surface area contributed by atoms with E-state index in [2.05, 4.69) is 15.9 Å². The van der Waals surface area contributed by atoms with E-state index in [0.29, 0.717) is 0 Å². The largest absolute Gasteiger partial charge is 0.481 e. The normalized spacial score (nSPS) is 14.1. The molecule has 0 saturated heterocycles. The maximum atomic E-state index is 13.5. The van der Waals surface area contributed by atoms with E-state index in [-0.39, 0.29) is 4.47 Å². The Balaban J connectivity index is 3.11. The zero-order chi connectivity index (χ0) is 14.0. The number of benzene rings is 1. The molecule has 0 fully saturated rings. The third-order valence-corrected chi connectivity index (χ3v) is 3.44. The lowest BCUT2D eigenvalue weighted by Crippen LogP contribution is -2.26. The van der Waals surface area contributed by atoms with E-state index in [9.17, 15) is 18.4 Å². The van der Waals surface area contributed by atoms with Crippen molar-refractivity contribution >= 4 is 27.7 Å². The number of carboxylic acids is 1. The first kappa shape index (κ1) is 14.8. The molecule has 2 atom stereocenters. The van der Waals surface area contributed by atoms with E-state index >= 15 is 0 Å². The van der Waals surface area contributed by atoms with E-state index in [0.717, 1.165) is 12.1 Å². The maximum Gasteiger partial charge on any atom is 0.306 e. The second kappa shape index (κ2) is 5.56. The smallest absolute Gasteiger partial charge is 0.306 e. The summed E-state index contributed by atoms with van der Waals surface area (Å²) >= 11 is 2.80. The van der Waals surface area contributed by atoms with Gasteiger partial charge in [0, 0.05) is 5.92 Å². The van der Waals surface area contributed by atoms with Gasteiger partial charge in [-0.3, -0.25) is 9.59 Å². The first-order valence-electron chi connectivity index (χ1n) is 5.17. The minimum atomic E-state index is -1.16. The topological polar surface area (TPSA) is 54.4 Å². The average molecular weight is 321 g/mol. The third-order valence-electron chi connectivity index (χ3n) is 2.83. The number of halogens is 3. The van der Waals surface area contributed by atoms with Crippen molar-refractivity contribution in [2.45, 2.75) is 13.8 Å². The lowest BCUT2D eigenvalue weighted by atomic mass is 9.88. The van der Waals surface area contributed by atoms with Crippen molar-refractivity contribution in [1.29, 1.82) is 0 Å². The highest BCUT2D eigenvalue weighted by molar-refractivity contribution is 9.10. The standard InChI is InChI=1S/C12H11BrF2O3/c1-5(6(2)12(17)18)11(16)7-3-10(15)8(13)4-9(7)14/h3-6H,1-2H3,(H,17,18). The number of aliphatic carboxylic acids is 1. The van der Waals surface area contributed by atoms with E-state index < -0.39 is 40.8 Å². The number of carbonyl (C=O) groups is 2. The Kier molecular flexibility index (Phi) is 4.56. The monoisotopic (exact) mass is 320 g/mol. The minimum absolute atomic E-state index is 0.0875. The molecule has 0 aromatic heterocycles. The summed E-state index contributed by atoms with van der Waals surface area (Å²) < 4.78 is 26.7. The Morgan fingerprint density at radius 3 is 2.22 bits per heavy atom. The van der Waals surface area contributed by atoms with Crippen LogP contribution in [0.5, 0.6) is 0 Å².